The van der Waals surface area contributed by atoms with Crippen LogP contribution in [0.25, 0.3) is 22.3 Å². The Labute approximate surface area is 186 Å². The van der Waals surface area contributed by atoms with E-state index in [2.05, 4.69) is 0 Å². The predicted molar refractivity (Wildman–Crippen MR) is 112 cm³/mol. The molecule has 0 saturated carbocycles. The van der Waals surface area contributed by atoms with Crippen molar-refractivity contribution >= 4 is 11.0 Å². The van der Waals surface area contributed by atoms with Gasteiger partial charge in [0.2, 0.25) is 12.0 Å². The fourth-order valence-corrected chi connectivity index (χ4v) is 3.61. The molecule has 11 nitrogen and oxygen atoms in total. The van der Waals surface area contributed by atoms with Crippen molar-refractivity contribution in [1.29, 1.82) is 0 Å². The van der Waals surface area contributed by atoms with Gasteiger partial charge in [-0.05, 0) is 24.3 Å². The molecule has 3 aromatic rings. The third kappa shape index (κ3) is 4.08. The van der Waals surface area contributed by atoms with Crippen LogP contribution in [0.5, 0.6) is 23.0 Å². The fourth-order valence-electron chi connectivity index (χ4n) is 3.61. The van der Waals surface area contributed by atoms with E-state index >= 15 is 0 Å². The zero-order valence-corrected chi connectivity index (χ0v) is 17.3. The summed E-state index contributed by atoms with van der Waals surface area (Å²) in [6.45, 7) is -0.657. The van der Waals surface area contributed by atoms with E-state index in [1.54, 1.807) is 0 Å². The molecule has 1 aliphatic heterocycles. The highest BCUT2D eigenvalue weighted by atomic mass is 16.7. The number of rotatable bonds is 5. The maximum atomic E-state index is 12.7. The molecular formula is C22H22O11. The second kappa shape index (κ2) is 8.89. The largest absolute Gasteiger partial charge is 0.508 e. The summed E-state index contributed by atoms with van der Waals surface area (Å²) in [5.74, 6) is -0.672. The second-order valence-electron chi connectivity index (χ2n) is 7.47. The number of benzene rings is 2. The van der Waals surface area contributed by atoms with Crippen LogP contribution in [-0.4, -0.2) is 75.1 Å². The first-order chi connectivity index (χ1) is 15.7. The van der Waals surface area contributed by atoms with Crippen molar-refractivity contribution in [2.24, 2.45) is 0 Å². The highest BCUT2D eigenvalue weighted by Crippen LogP contribution is 2.42. The van der Waals surface area contributed by atoms with Gasteiger partial charge in [-0.25, -0.2) is 0 Å². The van der Waals surface area contributed by atoms with Crippen LogP contribution in [0.1, 0.15) is 0 Å². The van der Waals surface area contributed by atoms with Gasteiger partial charge in [0, 0.05) is 17.7 Å². The zero-order chi connectivity index (χ0) is 23.9. The van der Waals surface area contributed by atoms with Crippen LogP contribution >= 0.6 is 0 Å². The van der Waals surface area contributed by atoms with Gasteiger partial charge in [0.05, 0.1) is 13.7 Å². The molecule has 1 aromatic heterocycles. The molecule has 2 heterocycles. The van der Waals surface area contributed by atoms with Crippen molar-refractivity contribution in [2.75, 3.05) is 13.7 Å². The molecule has 176 valence electrons. The van der Waals surface area contributed by atoms with Crippen LogP contribution < -0.4 is 14.9 Å². The Bertz CT molecular complexity index is 1200. The Balaban J connectivity index is 1.81. The average molecular weight is 462 g/mol. The third-order valence-corrected chi connectivity index (χ3v) is 5.35. The number of phenolic OH excluding ortho intramolecular Hbond substituents is 2. The Morgan fingerprint density at radius 3 is 2.33 bits per heavy atom. The van der Waals surface area contributed by atoms with Crippen molar-refractivity contribution in [1.82, 2.24) is 0 Å². The van der Waals surface area contributed by atoms with Crippen molar-refractivity contribution in [3.63, 3.8) is 0 Å². The number of ether oxygens (including phenoxy) is 3. The molecule has 0 amide bonds. The Morgan fingerprint density at radius 1 is 1.00 bits per heavy atom. The lowest BCUT2D eigenvalue weighted by atomic mass is 9.99. The minimum atomic E-state index is -1.71. The first-order valence-electron chi connectivity index (χ1n) is 9.89. The van der Waals surface area contributed by atoms with E-state index in [1.807, 2.05) is 0 Å². The molecule has 33 heavy (non-hydrogen) atoms. The summed E-state index contributed by atoms with van der Waals surface area (Å²) < 4.78 is 22.1. The maximum absolute atomic E-state index is 12.7. The van der Waals surface area contributed by atoms with Gasteiger partial charge in [-0.3, -0.25) is 4.79 Å². The molecule has 1 fully saturated rings. The van der Waals surface area contributed by atoms with Crippen LogP contribution in [0.15, 0.2) is 45.6 Å². The van der Waals surface area contributed by atoms with Gasteiger partial charge in [0.1, 0.15) is 47.1 Å². The van der Waals surface area contributed by atoms with Crippen LogP contribution in [0.3, 0.4) is 0 Å². The minimum absolute atomic E-state index is 0.0207. The predicted octanol–water partition coefficient (Wildman–Crippen LogP) is 0.0585. The molecule has 1 aliphatic rings. The lowest BCUT2D eigenvalue weighted by Crippen LogP contribution is -2.60. The molecule has 2 aromatic carbocycles. The number of aliphatic hydroxyl groups is 4. The van der Waals surface area contributed by atoms with Crippen molar-refractivity contribution in [3.8, 4) is 34.3 Å². The van der Waals surface area contributed by atoms with Crippen LogP contribution in [0, 0.1) is 0 Å². The number of hydrogen-bond donors (Lipinski definition) is 6. The number of methoxy groups -OCH3 is 1. The molecule has 5 atom stereocenters. The Kier molecular flexibility index (Phi) is 6.15. The molecule has 0 spiro atoms. The van der Waals surface area contributed by atoms with Gasteiger partial charge >= 0.3 is 0 Å². The third-order valence-electron chi connectivity index (χ3n) is 5.35. The second-order valence-corrected chi connectivity index (χ2v) is 7.47. The van der Waals surface area contributed by atoms with Gasteiger partial charge in [-0.2, -0.15) is 0 Å². The Hall–Kier alpha value is -3.35. The summed E-state index contributed by atoms with van der Waals surface area (Å²) >= 11 is 0. The summed E-state index contributed by atoms with van der Waals surface area (Å²) in [6, 6.07) is 8.10. The van der Waals surface area contributed by atoms with E-state index in [1.165, 1.54) is 37.4 Å². The van der Waals surface area contributed by atoms with Crippen LogP contribution in [-0.2, 0) is 4.74 Å². The van der Waals surface area contributed by atoms with E-state index in [0.29, 0.717) is 5.56 Å². The monoisotopic (exact) mass is 462 g/mol. The van der Waals surface area contributed by atoms with Crippen molar-refractivity contribution in [3.05, 3.63) is 46.6 Å². The van der Waals surface area contributed by atoms with Crippen LogP contribution in [0.2, 0.25) is 0 Å². The van der Waals surface area contributed by atoms with Crippen LogP contribution in [0.4, 0.5) is 0 Å². The van der Waals surface area contributed by atoms with Gasteiger partial charge < -0.3 is 49.3 Å². The number of phenols is 2. The number of fused-ring (bicyclic) bond motifs is 1. The molecule has 0 bridgehead atoms. The summed E-state index contributed by atoms with van der Waals surface area (Å²) in [7, 11) is 1.26. The SMILES string of the molecule is COc1c(O[C@@H]2O[C@H](CO)[C@@H](O)[C@H](O)[C@H]2O)cc(O)c2c(=O)cc(-c3ccc(O)cc3)oc12. The van der Waals surface area contributed by atoms with Gasteiger partial charge in [-0.15, -0.1) is 0 Å². The summed E-state index contributed by atoms with van der Waals surface area (Å²) in [5.41, 5.74) is -0.268. The molecular weight excluding hydrogens is 440 g/mol. The normalized spacial score (nSPS) is 25.2. The number of hydrogen-bond acceptors (Lipinski definition) is 11. The maximum Gasteiger partial charge on any atom is 0.229 e. The molecule has 1 saturated heterocycles. The van der Waals surface area contributed by atoms with Crippen molar-refractivity contribution in [2.45, 2.75) is 30.7 Å². The minimum Gasteiger partial charge on any atom is -0.508 e. The summed E-state index contributed by atoms with van der Waals surface area (Å²) in [6.07, 6.45) is -7.74. The van der Waals surface area contributed by atoms with Gasteiger partial charge in [-0.1, -0.05) is 0 Å². The van der Waals surface area contributed by atoms with Gasteiger partial charge in [0.15, 0.2) is 16.8 Å². The molecule has 0 aliphatic carbocycles. The lowest BCUT2D eigenvalue weighted by molar-refractivity contribution is -0.277. The Morgan fingerprint density at radius 2 is 1.70 bits per heavy atom. The highest BCUT2D eigenvalue weighted by Gasteiger charge is 2.45. The fraction of sp³-hybridized carbons (Fsp3) is 0.318. The molecule has 6 N–H and O–H groups in total. The quantitative estimate of drug-likeness (QED) is 0.302. The van der Waals surface area contributed by atoms with Crippen molar-refractivity contribution < 1.29 is 49.3 Å². The topological polar surface area (TPSA) is 179 Å². The highest BCUT2D eigenvalue weighted by molar-refractivity contribution is 5.91. The average Bonchev–Trinajstić information content (AvgIpc) is 2.79. The molecule has 0 radical (unpaired) electrons. The van der Waals surface area contributed by atoms with E-state index in [4.69, 9.17) is 18.6 Å². The lowest BCUT2D eigenvalue weighted by Gasteiger charge is -2.39. The van der Waals surface area contributed by atoms with E-state index < -0.39 is 48.5 Å². The molecule has 4 rings (SSSR count). The van der Waals surface area contributed by atoms with E-state index in [0.717, 1.165) is 6.07 Å². The van der Waals surface area contributed by atoms with E-state index in [9.17, 15) is 35.4 Å². The zero-order valence-electron chi connectivity index (χ0n) is 17.3. The number of aliphatic hydroxyl groups excluding tert-OH is 4. The number of aromatic hydroxyl groups is 2. The molecule has 0 unspecified atom stereocenters. The standard InChI is InChI=1S/C22H22O11/c1-30-20-14(32-22-19(29)18(28)17(27)15(8-23)33-22)7-12(26)16-11(25)6-13(31-21(16)20)9-2-4-10(24)5-3-9/h2-7,15,17-19,22-24,26-29H,8H2,1H3/t15-,17-,18+,19-,22-/m1/s1. The van der Waals surface area contributed by atoms with Gasteiger partial charge in [0.25, 0.3) is 0 Å². The summed E-state index contributed by atoms with van der Waals surface area (Å²) in [4.78, 5) is 12.7. The smallest absolute Gasteiger partial charge is 0.229 e. The summed E-state index contributed by atoms with van der Waals surface area (Å²) in [5, 5.41) is 59.3. The van der Waals surface area contributed by atoms with E-state index in [-0.39, 0.29) is 34.0 Å². The first kappa shape index (κ1) is 22.8. The first-order valence-corrected chi connectivity index (χ1v) is 9.89. The molecule has 11 heteroatoms.